The molecule has 0 aromatic carbocycles. The van der Waals surface area contributed by atoms with Crippen LogP contribution in [-0.2, 0) is 11.3 Å². The summed E-state index contributed by atoms with van der Waals surface area (Å²) >= 11 is 0. The summed E-state index contributed by atoms with van der Waals surface area (Å²) in [5.41, 5.74) is 0.607. The molecule has 0 spiro atoms. The highest BCUT2D eigenvalue weighted by atomic mass is 16.4. The Bertz CT molecular complexity index is 398. The van der Waals surface area contributed by atoms with Crippen LogP contribution in [-0.4, -0.2) is 28.1 Å². The first kappa shape index (κ1) is 13.3. The number of aryl methyl sites for hydroxylation is 1. The van der Waals surface area contributed by atoms with E-state index in [0.29, 0.717) is 12.2 Å². The average molecular weight is 238 g/mol. The molecule has 94 valence electrons. The minimum absolute atomic E-state index is 0.0646. The maximum absolute atomic E-state index is 11.8. The Labute approximate surface area is 100 Å². The largest absolute Gasteiger partial charge is 0.481 e. The van der Waals surface area contributed by atoms with Gasteiger partial charge in [0.15, 0.2) is 0 Å². The highest BCUT2D eigenvalue weighted by molar-refractivity contribution is 5.92. The number of carboxylic acids is 1. The fourth-order valence-electron chi connectivity index (χ4n) is 1.62. The Balaban J connectivity index is 2.47. The van der Waals surface area contributed by atoms with Gasteiger partial charge in [0.2, 0.25) is 0 Å². The summed E-state index contributed by atoms with van der Waals surface area (Å²) < 4.78 is 1.84. The maximum atomic E-state index is 11.8. The molecule has 5 heteroatoms. The lowest BCUT2D eigenvalue weighted by atomic mass is 10.1. The molecule has 0 bridgehead atoms. The zero-order valence-electron chi connectivity index (χ0n) is 10.1. The van der Waals surface area contributed by atoms with Crippen LogP contribution in [0.1, 0.15) is 30.8 Å². The monoisotopic (exact) mass is 238 g/mol. The van der Waals surface area contributed by atoms with E-state index in [1.54, 1.807) is 13.0 Å². The molecule has 0 aliphatic rings. The third-order valence-electron chi connectivity index (χ3n) is 2.54. The van der Waals surface area contributed by atoms with Gasteiger partial charge in [0, 0.05) is 25.7 Å². The van der Waals surface area contributed by atoms with Gasteiger partial charge in [-0.3, -0.25) is 9.59 Å². The molecule has 1 unspecified atom stereocenters. The minimum atomic E-state index is -0.844. The van der Waals surface area contributed by atoms with Gasteiger partial charge in [0.05, 0.1) is 0 Å². The lowest BCUT2D eigenvalue weighted by Gasteiger charge is -2.11. The highest BCUT2D eigenvalue weighted by Gasteiger charge is 2.12. The van der Waals surface area contributed by atoms with E-state index in [9.17, 15) is 9.59 Å². The molecule has 0 saturated heterocycles. The minimum Gasteiger partial charge on any atom is -0.481 e. The van der Waals surface area contributed by atoms with Crippen LogP contribution in [0, 0.1) is 5.92 Å². The maximum Gasteiger partial charge on any atom is 0.303 e. The number of aliphatic carboxylic acids is 1. The van der Waals surface area contributed by atoms with Gasteiger partial charge in [-0.1, -0.05) is 6.92 Å². The Kier molecular flexibility index (Phi) is 4.75. The van der Waals surface area contributed by atoms with Crippen LogP contribution in [0.4, 0.5) is 0 Å². The van der Waals surface area contributed by atoms with Gasteiger partial charge in [0.1, 0.15) is 5.69 Å². The number of hydrogen-bond acceptors (Lipinski definition) is 2. The van der Waals surface area contributed by atoms with Crippen molar-refractivity contribution in [3.05, 3.63) is 24.0 Å². The summed E-state index contributed by atoms with van der Waals surface area (Å²) in [6, 6.07) is 3.57. The van der Waals surface area contributed by atoms with Crippen molar-refractivity contribution < 1.29 is 14.7 Å². The predicted octanol–water partition coefficient (Wildman–Crippen LogP) is 1.35. The van der Waals surface area contributed by atoms with E-state index < -0.39 is 5.97 Å². The van der Waals surface area contributed by atoms with Crippen molar-refractivity contribution in [3.63, 3.8) is 0 Å². The number of aromatic nitrogens is 1. The Morgan fingerprint density at radius 3 is 2.82 bits per heavy atom. The third-order valence-corrected chi connectivity index (χ3v) is 2.54. The molecule has 1 amide bonds. The SMILES string of the molecule is CCn1cccc1C(=O)NCC(C)CC(=O)O. The molecule has 2 N–H and O–H groups in total. The summed E-state index contributed by atoms with van der Waals surface area (Å²) in [4.78, 5) is 22.3. The van der Waals surface area contributed by atoms with Crippen molar-refractivity contribution in [1.82, 2.24) is 9.88 Å². The average Bonchev–Trinajstić information content (AvgIpc) is 2.72. The molecule has 1 atom stereocenters. The van der Waals surface area contributed by atoms with E-state index in [1.807, 2.05) is 23.8 Å². The second-order valence-electron chi connectivity index (χ2n) is 4.09. The van der Waals surface area contributed by atoms with Crippen molar-refractivity contribution >= 4 is 11.9 Å². The van der Waals surface area contributed by atoms with E-state index in [-0.39, 0.29) is 18.2 Å². The second-order valence-corrected chi connectivity index (χ2v) is 4.09. The van der Waals surface area contributed by atoms with E-state index in [2.05, 4.69) is 5.32 Å². The number of rotatable bonds is 6. The van der Waals surface area contributed by atoms with Crippen LogP contribution < -0.4 is 5.32 Å². The number of carbonyl (C=O) groups is 2. The molecule has 17 heavy (non-hydrogen) atoms. The summed E-state index contributed by atoms with van der Waals surface area (Å²) in [7, 11) is 0. The number of hydrogen-bond donors (Lipinski definition) is 2. The molecule has 1 aromatic heterocycles. The van der Waals surface area contributed by atoms with E-state index in [4.69, 9.17) is 5.11 Å². The molecule has 0 radical (unpaired) electrons. The molecule has 0 aliphatic heterocycles. The van der Waals surface area contributed by atoms with E-state index >= 15 is 0 Å². The standard InChI is InChI=1S/C12H18N2O3/c1-3-14-6-4-5-10(14)12(17)13-8-9(2)7-11(15)16/h4-6,9H,3,7-8H2,1-2H3,(H,13,17)(H,15,16). The summed E-state index contributed by atoms with van der Waals surface area (Å²) in [5.74, 6) is -1.07. The van der Waals surface area contributed by atoms with Crippen LogP contribution >= 0.6 is 0 Å². The zero-order valence-corrected chi connectivity index (χ0v) is 10.1. The number of nitrogens with one attached hydrogen (secondary N) is 1. The van der Waals surface area contributed by atoms with Gasteiger partial charge in [-0.15, -0.1) is 0 Å². The first-order valence-electron chi connectivity index (χ1n) is 5.69. The fourth-order valence-corrected chi connectivity index (χ4v) is 1.62. The molecule has 0 saturated carbocycles. The summed E-state index contributed by atoms with van der Waals surface area (Å²) in [6.07, 6.45) is 1.91. The molecule has 1 rings (SSSR count). The molecule has 5 nitrogen and oxygen atoms in total. The quantitative estimate of drug-likeness (QED) is 0.785. The van der Waals surface area contributed by atoms with Crippen LogP contribution in [0.3, 0.4) is 0 Å². The lowest BCUT2D eigenvalue weighted by molar-refractivity contribution is -0.137. The van der Waals surface area contributed by atoms with Crippen LogP contribution in [0.5, 0.6) is 0 Å². The Hall–Kier alpha value is -1.78. The summed E-state index contributed by atoms with van der Waals surface area (Å²) in [6.45, 7) is 4.87. The number of carboxylic acid groups (broad SMARTS) is 1. The molecule has 0 fully saturated rings. The number of amides is 1. The number of nitrogens with zero attached hydrogens (tertiary/aromatic N) is 1. The van der Waals surface area contributed by atoms with Crippen molar-refractivity contribution in [1.29, 1.82) is 0 Å². The van der Waals surface area contributed by atoms with Gasteiger partial charge >= 0.3 is 5.97 Å². The summed E-state index contributed by atoms with van der Waals surface area (Å²) in [5, 5.41) is 11.3. The fraction of sp³-hybridized carbons (Fsp3) is 0.500. The van der Waals surface area contributed by atoms with E-state index in [0.717, 1.165) is 6.54 Å². The number of carbonyl (C=O) groups excluding carboxylic acids is 1. The highest BCUT2D eigenvalue weighted by Crippen LogP contribution is 2.04. The molecular formula is C12H18N2O3. The second kappa shape index (κ2) is 6.08. The molecular weight excluding hydrogens is 220 g/mol. The first-order valence-corrected chi connectivity index (χ1v) is 5.69. The van der Waals surface area contributed by atoms with Gasteiger partial charge < -0.3 is 15.0 Å². The molecule has 0 aliphatic carbocycles. The smallest absolute Gasteiger partial charge is 0.303 e. The van der Waals surface area contributed by atoms with Crippen LogP contribution in [0.15, 0.2) is 18.3 Å². The van der Waals surface area contributed by atoms with Crippen LogP contribution in [0.25, 0.3) is 0 Å². The van der Waals surface area contributed by atoms with Crippen molar-refractivity contribution in [2.24, 2.45) is 5.92 Å². The van der Waals surface area contributed by atoms with Gasteiger partial charge in [-0.25, -0.2) is 0 Å². The van der Waals surface area contributed by atoms with Crippen LogP contribution in [0.2, 0.25) is 0 Å². The lowest BCUT2D eigenvalue weighted by Crippen LogP contribution is -2.30. The van der Waals surface area contributed by atoms with E-state index in [1.165, 1.54) is 0 Å². The normalized spacial score (nSPS) is 12.1. The predicted molar refractivity (Wildman–Crippen MR) is 63.9 cm³/mol. The van der Waals surface area contributed by atoms with Crippen molar-refractivity contribution in [3.8, 4) is 0 Å². The molecule has 1 heterocycles. The topological polar surface area (TPSA) is 71.3 Å². The third kappa shape index (κ3) is 3.94. The van der Waals surface area contributed by atoms with Crippen molar-refractivity contribution in [2.45, 2.75) is 26.8 Å². The zero-order chi connectivity index (χ0) is 12.8. The van der Waals surface area contributed by atoms with Gasteiger partial charge in [0.25, 0.3) is 5.91 Å². The van der Waals surface area contributed by atoms with Crippen molar-refractivity contribution in [2.75, 3.05) is 6.54 Å². The van der Waals surface area contributed by atoms with Gasteiger partial charge in [-0.2, -0.15) is 0 Å². The first-order chi connectivity index (χ1) is 8.04. The van der Waals surface area contributed by atoms with Gasteiger partial charge in [-0.05, 0) is 25.0 Å². The Morgan fingerprint density at radius 2 is 2.24 bits per heavy atom. The Morgan fingerprint density at radius 1 is 1.53 bits per heavy atom. The molecule has 1 aromatic rings.